The van der Waals surface area contributed by atoms with Crippen molar-refractivity contribution in [2.75, 3.05) is 0 Å². The van der Waals surface area contributed by atoms with Gasteiger partial charge < -0.3 is 4.57 Å². The molecular formula is C57H36N4S. The first kappa shape index (κ1) is 31.0. The number of hydrogen-bond donors (Lipinski definition) is 0. The van der Waals surface area contributed by atoms with Crippen molar-refractivity contribution in [3.05, 3.63) is 218 Å². The molecule has 0 spiro atoms. The second kappa shape index (κ2) is 14.9. The summed E-state index contributed by atoms with van der Waals surface area (Å²) in [7, 11) is 0. The molecule has 0 aliphatic heterocycles. The average Bonchev–Trinajstić information content (AvgIpc) is 3.93. The maximum Gasteiger partial charge on any atom is 0.165 e. The summed E-state index contributed by atoms with van der Waals surface area (Å²) in [6.45, 7) is 0. The van der Waals surface area contributed by atoms with E-state index in [1.54, 1.807) is 11.3 Å². The van der Waals surface area contributed by atoms with Crippen molar-refractivity contribution < 1.29 is 6.85 Å². The van der Waals surface area contributed by atoms with Crippen molar-refractivity contribution in [2.45, 2.75) is 0 Å². The zero-order valence-corrected chi connectivity index (χ0v) is 33.9. The summed E-state index contributed by atoms with van der Waals surface area (Å²) in [5.41, 5.74) is 11.0. The van der Waals surface area contributed by atoms with Gasteiger partial charge in [-0.3, -0.25) is 0 Å². The molecule has 4 nitrogen and oxygen atoms in total. The lowest BCUT2D eigenvalue weighted by Gasteiger charge is -2.14. The molecule has 0 radical (unpaired) electrons. The Hall–Kier alpha value is -7.99. The third-order valence-electron chi connectivity index (χ3n) is 11.5. The molecular weight excluding hydrogens is 773 g/mol. The Kier molecular flexibility index (Phi) is 7.46. The molecule has 62 heavy (non-hydrogen) atoms. The van der Waals surface area contributed by atoms with Gasteiger partial charge in [0, 0.05) is 53.3 Å². The molecule has 0 atom stereocenters. The van der Waals surface area contributed by atoms with Crippen LogP contribution in [-0.4, -0.2) is 19.5 Å². The summed E-state index contributed by atoms with van der Waals surface area (Å²) >= 11 is 1.65. The molecule has 0 N–H and O–H groups in total. The smallest absolute Gasteiger partial charge is 0.165 e. The lowest BCUT2D eigenvalue weighted by Crippen LogP contribution is -2.01. The summed E-state index contributed by atoms with van der Waals surface area (Å²) in [6.07, 6.45) is 0. The number of benzene rings is 9. The monoisotopic (exact) mass is 813 g/mol. The summed E-state index contributed by atoms with van der Waals surface area (Å²) in [4.78, 5) is 15.1. The SMILES string of the molecule is [2H]c1c([2H])c([2H])c(-c2nc(-c3ccccc3)nc(-c3cc(-n4c5ccccc5c5cc(-c6ccccc6)ccc54)cc4c3sc3cccc(-c5cccc(-c6ccccc6)c5)c34)n2)c([2H])c1[2H]. The van der Waals surface area contributed by atoms with Gasteiger partial charge in [-0.15, -0.1) is 11.3 Å². The topological polar surface area (TPSA) is 43.6 Å². The third kappa shape index (κ3) is 6.18. The van der Waals surface area contributed by atoms with Crippen molar-refractivity contribution in [2.24, 2.45) is 0 Å². The summed E-state index contributed by atoms with van der Waals surface area (Å²) in [6, 6.07) is 62.8. The predicted octanol–water partition coefficient (Wildman–Crippen LogP) is 15.3. The molecule has 0 amide bonds. The van der Waals surface area contributed by atoms with Gasteiger partial charge in [-0.2, -0.15) is 0 Å². The Morgan fingerprint density at radius 1 is 0.387 bits per heavy atom. The molecule has 12 rings (SSSR count). The van der Waals surface area contributed by atoms with Gasteiger partial charge in [0.25, 0.3) is 0 Å². The van der Waals surface area contributed by atoms with E-state index in [1.165, 1.54) is 0 Å². The molecule has 290 valence electrons. The van der Waals surface area contributed by atoms with Crippen molar-refractivity contribution in [1.29, 1.82) is 0 Å². The number of aromatic nitrogens is 4. The molecule has 0 aliphatic carbocycles. The van der Waals surface area contributed by atoms with Crippen LogP contribution in [0.1, 0.15) is 6.85 Å². The zero-order chi connectivity index (χ0) is 45.3. The molecule has 3 aromatic heterocycles. The number of para-hydroxylation sites is 1. The molecule has 0 saturated heterocycles. The Balaban J connectivity index is 1.18. The van der Waals surface area contributed by atoms with E-state index in [2.05, 4.69) is 150 Å². The van der Waals surface area contributed by atoms with Crippen molar-refractivity contribution in [3.63, 3.8) is 0 Å². The van der Waals surface area contributed by atoms with Crippen LogP contribution >= 0.6 is 11.3 Å². The number of thiophene rings is 1. The van der Waals surface area contributed by atoms with E-state index >= 15 is 0 Å². The summed E-state index contributed by atoms with van der Waals surface area (Å²) in [5.74, 6) is 0.619. The Morgan fingerprint density at radius 2 is 0.984 bits per heavy atom. The zero-order valence-electron chi connectivity index (χ0n) is 38.1. The van der Waals surface area contributed by atoms with Crippen LogP contribution in [0.3, 0.4) is 0 Å². The lowest BCUT2D eigenvalue weighted by atomic mass is 9.95. The number of nitrogens with zero attached hydrogens (tertiary/aromatic N) is 4. The van der Waals surface area contributed by atoms with Crippen LogP contribution in [0.25, 0.3) is 115 Å². The van der Waals surface area contributed by atoms with Crippen LogP contribution in [-0.2, 0) is 0 Å². The molecule has 0 saturated carbocycles. The van der Waals surface area contributed by atoms with E-state index in [9.17, 15) is 0 Å². The molecule has 5 heteroatoms. The normalized spacial score (nSPS) is 12.7. The summed E-state index contributed by atoms with van der Waals surface area (Å²) in [5, 5.41) is 4.32. The van der Waals surface area contributed by atoms with Gasteiger partial charge in [-0.1, -0.05) is 176 Å². The third-order valence-corrected chi connectivity index (χ3v) is 12.7. The quantitative estimate of drug-likeness (QED) is 0.161. The summed E-state index contributed by atoms with van der Waals surface area (Å²) < 4.78 is 47.8. The van der Waals surface area contributed by atoms with Gasteiger partial charge >= 0.3 is 0 Å². The van der Waals surface area contributed by atoms with Gasteiger partial charge in [0.1, 0.15) is 0 Å². The van der Waals surface area contributed by atoms with Gasteiger partial charge in [0.05, 0.1) is 17.9 Å². The fourth-order valence-corrected chi connectivity index (χ4v) is 9.91. The molecule has 12 aromatic rings. The maximum atomic E-state index is 8.98. The molecule has 0 fully saturated rings. The molecule has 0 unspecified atom stereocenters. The minimum Gasteiger partial charge on any atom is -0.309 e. The number of rotatable bonds is 7. The Morgan fingerprint density at radius 3 is 1.74 bits per heavy atom. The fourth-order valence-electron chi connectivity index (χ4n) is 8.69. The van der Waals surface area contributed by atoms with E-state index in [0.29, 0.717) is 17.2 Å². The largest absolute Gasteiger partial charge is 0.309 e. The fraction of sp³-hybridized carbons (Fsp3) is 0. The highest BCUT2D eigenvalue weighted by molar-refractivity contribution is 7.26. The van der Waals surface area contributed by atoms with Crippen LogP contribution < -0.4 is 0 Å². The van der Waals surface area contributed by atoms with Gasteiger partial charge in [-0.25, -0.2) is 15.0 Å². The van der Waals surface area contributed by atoms with Gasteiger partial charge in [0.15, 0.2) is 17.5 Å². The van der Waals surface area contributed by atoms with Crippen LogP contribution in [0.5, 0.6) is 0 Å². The first-order chi connectivity index (χ1) is 32.8. The van der Waals surface area contributed by atoms with Gasteiger partial charge in [-0.05, 0) is 75.8 Å². The maximum absolute atomic E-state index is 8.98. The Bertz CT molecular complexity index is 3900. The van der Waals surface area contributed by atoms with E-state index in [4.69, 9.17) is 21.8 Å². The van der Waals surface area contributed by atoms with Crippen LogP contribution in [0.15, 0.2) is 218 Å². The minimum atomic E-state index is -0.483. The highest BCUT2D eigenvalue weighted by Gasteiger charge is 2.22. The van der Waals surface area contributed by atoms with Crippen molar-refractivity contribution >= 4 is 53.3 Å². The molecule has 3 heterocycles. The first-order valence-electron chi connectivity index (χ1n) is 22.9. The minimum absolute atomic E-state index is 0.00996. The van der Waals surface area contributed by atoms with Crippen LogP contribution in [0, 0.1) is 0 Å². The van der Waals surface area contributed by atoms with E-state index in [1.807, 2.05) is 42.5 Å². The Labute approximate surface area is 369 Å². The lowest BCUT2D eigenvalue weighted by molar-refractivity contribution is 1.07. The average molecular weight is 814 g/mol. The van der Waals surface area contributed by atoms with E-state index in [-0.39, 0.29) is 23.5 Å². The highest BCUT2D eigenvalue weighted by Crippen LogP contribution is 2.46. The second-order valence-corrected chi connectivity index (χ2v) is 16.3. The van der Waals surface area contributed by atoms with E-state index in [0.717, 1.165) is 86.6 Å². The number of fused-ring (bicyclic) bond motifs is 6. The number of hydrogen-bond acceptors (Lipinski definition) is 4. The van der Waals surface area contributed by atoms with Gasteiger partial charge in [0.2, 0.25) is 0 Å². The second-order valence-electron chi connectivity index (χ2n) is 15.2. The predicted molar refractivity (Wildman–Crippen MR) is 260 cm³/mol. The molecule has 9 aromatic carbocycles. The van der Waals surface area contributed by atoms with E-state index < -0.39 is 18.1 Å². The highest BCUT2D eigenvalue weighted by atomic mass is 32.1. The molecule has 0 aliphatic rings. The van der Waals surface area contributed by atoms with Crippen molar-refractivity contribution in [3.8, 4) is 73.2 Å². The van der Waals surface area contributed by atoms with Crippen LogP contribution in [0.2, 0.25) is 0 Å². The standard InChI is InChI=1S/C57H36N4S/c1-5-17-37(18-6-1)41-25-15-26-43(33-41)45-28-16-30-52-53(45)48-35-44(61-50-29-14-13-27-46(50)47-34-42(31-32-51(47)61)38-19-7-2-8-20-38)36-49(54(48)62-52)57-59-55(39-21-9-3-10-22-39)58-56(60-57)40-23-11-4-12-24-40/h1-36H/i3D,9D,10D,21D,22D. The molecule has 0 bridgehead atoms. The van der Waals surface area contributed by atoms with Crippen molar-refractivity contribution in [1.82, 2.24) is 19.5 Å². The van der Waals surface area contributed by atoms with Crippen LogP contribution in [0.4, 0.5) is 0 Å². The first-order valence-corrected chi connectivity index (χ1v) is 21.3.